The van der Waals surface area contributed by atoms with E-state index in [0.29, 0.717) is 25.9 Å². The molecule has 1 saturated heterocycles. The number of hydrogen-bond acceptors (Lipinski definition) is 4. The van der Waals surface area contributed by atoms with Gasteiger partial charge in [-0.3, -0.25) is 19.3 Å². The third kappa shape index (κ3) is 3.27. The Morgan fingerprint density at radius 3 is 2.22 bits per heavy atom. The Balaban J connectivity index is 2.22. The van der Waals surface area contributed by atoms with E-state index in [2.05, 4.69) is 0 Å². The molecule has 0 radical (unpaired) electrons. The second kappa shape index (κ2) is 6.91. The van der Waals surface area contributed by atoms with Gasteiger partial charge in [0, 0.05) is 19.5 Å². The lowest BCUT2D eigenvalue weighted by Gasteiger charge is -2.41. The molecule has 6 heteroatoms. The molecule has 0 saturated carbocycles. The van der Waals surface area contributed by atoms with E-state index < -0.39 is 23.3 Å². The molecular weight excluding hydrogens is 296 g/mol. The Morgan fingerprint density at radius 1 is 1.22 bits per heavy atom. The maximum atomic E-state index is 12.0. The summed E-state index contributed by atoms with van der Waals surface area (Å²) in [5, 5.41) is 9.75. The summed E-state index contributed by atoms with van der Waals surface area (Å²) in [5.74, 6) is -1.76. The summed E-state index contributed by atoms with van der Waals surface area (Å²) in [6, 6.07) is 8.15. The summed E-state index contributed by atoms with van der Waals surface area (Å²) in [6.45, 7) is 2.38. The molecule has 1 amide bonds. The molecule has 0 aromatic heterocycles. The van der Waals surface area contributed by atoms with Crippen molar-refractivity contribution < 1.29 is 19.5 Å². The van der Waals surface area contributed by atoms with Gasteiger partial charge in [0.05, 0.1) is 5.41 Å². The molecule has 3 N–H and O–H groups in total. The number of primary amides is 1. The molecule has 23 heavy (non-hydrogen) atoms. The van der Waals surface area contributed by atoms with Crippen molar-refractivity contribution in [1.82, 2.24) is 4.90 Å². The number of nitrogens with zero attached hydrogens (tertiary/aromatic N) is 1. The quantitative estimate of drug-likeness (QED) is 0.760. The van der Waals surface area contributed by atoms with Crippen molar-refractivity contribution in [2.45, 2.75) is 37.6 Å². The minimum Gasteiger partial charge on any atom is -0.481 e. The molecule has 1 aliphatic rings. The van der Waals surface area contributed by atoms with Crippen molar-refractivity contribution in [3.8, 4) is 0 Å². The van der Waals surface area contributed by atoms with Gasteiger partial charge in [0.25, 0.3) is 0 Å². The Bertz CT molecular complexity index is 592. The topological polar surface area (TPSA) is 101 Å². The van der Waals surface area contributed by atoms with E-state index in [1.165, 1.54) is 0 Å². The first-order valence-electron chi connectivity index (χ1n) is 7.77. The monoisotopic (exact) mass is 318 g/mol. The molecule has 1 aromatic carbocycles. The molecule has 0 spiro atoms. The van der Waals surface area contributed by atoms with Gasteiger partial charge in [-0.2, -0.15) is 0 Å². The number of piperidine rings is 1. The number of carbonyl (C=O) groups is 3. The number of carbonyl (C=O) groups excluding carboxylic acids is 2. The van der Waals surface area contributed by atoms with E-state index in [9.17, 15) is 19.5 Å². The van der Waals surface area contributed by atoms with Crippen LogP contribution < -0.4 is 5.73 Å². The van der Waals surface area contributed by atoms with Crippen LogP contribution in [-0.4, -0.2) is 46.8 Å². The molecule has 6 nitrogen and oxygen atoms in total. The number of hydrogen-bond donors (Lipinski definition) is 2. The van der Waals surface area contributed by atoms with Crippen LogP contribution in [0.2, 0.25) is 0 Å². The third-order valence-electron chi connectivity index (χ3n) is 4.68. The lowest BCUT2D eigenvalue weighted by Crippen LogP contribution is -2.56. The van der Waals surface area contributed by atoms with Crippen LogP contribution in [0.4, 0.5) is 0 Å². The first-order chi connectivity index (χ1) is 10.9. The maximum Gasteiger partial charge on any atom is 0.314 e. The van der Waals surface area contributed by atoms with Gasteiger partial charge < -0.3 is 10.8 Å². The predicted molar refractivity (Wildman–Crippen MR) is 84.8 cm³/mol. The van der Waals surface area contributed by atoms with Crippen molar-refractivity contribution in [1.29, 1.82) is 0 Å². The minimum atomic E-state index is -0.977. The number of carboxylic acid groups (broad SMARTS) is 1. The summed E-state index contributed by atoms with van der Waals surface area (Å²) in [5.41, 5.74) is 5.14. The highest BCUT2D eigenvalue weighted by molar-refractivity contribution is 6.04. The lowest BCUT2D eigenvalue weighted by molar-refractivity contribution is -0.146. The van der Waals surface area contributed by atoms with E-state index >= 15 is 0 Å². The van der Waals surface area contributed by atoms with Gasteiger partial charge in [-0.05, 0) is 18.4 Å². The summed E-state index contributed by atoms with van der Waals surface area (Å²) in [4.78, 5) is 37.2. The first-order valence-corrected chi connectivity index (χ1v) is 7.77. The van der Waals surface area contributed by atoms with Crippen molar-refractivity contribution in [3.05, 3.63) is 35.9 Å². The Kier molecular flexibility index (Phi) is 5.15. The lowest BCUT2D eigenvalue weighted by atomic mass is 9.72. The number of ketones is 1. The van der Waals surface area contributed by atoms with Crippen LogP contribution >= 0.6 is 0 Å². The van der Waals surface area contributed by atoms with Crippen LogP contribution in [-0.2, 0) is 19.8 Å². The molecule has 1 atom stereocenters. The molecule has 1 unspecified atom stereocenters. The molecule has 0 bridgehead atoms. The van der Waals surface area contributed by atoms with Gasteiger partial charge in [0.15, 0.2) is 5.78 Å². The zero-order valence-corrected chi connectivity index (χ0v) is 13.2. The molecule has 1 fully saturated rings. The van der Waals surface area contributed by atoms with Crippen LogP contribution in [0.3, 0.4) is 0 Å². The molecule has 1 heterocycles. The number of amides is 1. The van der Waals surface area contributed by atoms with Crippen LogP contribution in [0.1, 0.15) is 31.7 Å². The van der Waals surface area contributed by atoms with Crippen molar-refractivity contribution >= 4 is 17.7 Å². The first kappa shape index (κ1) is 17.1. The standard InChI is InChI=1S/C17H22N2O4/c1-2-13(20)14(15(18)21)19-10-8-17(9-11-19,16(22)23)12-6-4-3-5-7-12/h3-7,14H,2,8-11H2,1H3,(H2,18,21)(H,22,23). The second-order valence-corrected chi connectivity index (χ2v) is 5.91. The summed E-state index contributed by atoms with van der Waals surface area (Å²) in [7, 11) is 0. The molecule has 1 aromatic rings. The number of aliphatic carboxylic acids is 1. The maximum absolute atomic E-state index is 12.0. The number of nitrogens with two attached hydrogens (primary N) is 1. The summed E-state index contributed by atoms with van der Waals surface area (Å²) in [6.07, 6.45) is 0.910. The Hall–Kier alpha value is -2.21. The molecule has 1 aliphatic heterocycles. The van der Waals surface area contributed by atoms with Gasteiger partial charge in [-0.15, -0.1) is 0 Å². The average molecular weight is 318 g/mol. The number of likely N-dealkylation sites (tertiary alicyclic amines) is 1. The fourth-order valence-corrected chi connectivity index (χ4v) is 3.28. The Morgan fingerprint density at radius 2 is 1.78 bits per heavy atom. The number of Topliss-reactive ketones (excluding diaryl/α,β-unsaturated/α-hetero) is 1. The fourth-order valence-electron chi connectivity index (χ4n) is 3.28. The van der Waals surface area contributed by atoms with Crippen molar-refractivity contribution in [3.63, 3.8) is 0 Å². The van der Waals surface area contributed by atoms with Crippen LogP contribution in [0.15, 0.2) is 30.3 Å². The van der Waals surface area contributed by atoms with Crippen LogP contribution in [0, 0.1) is 0 Å². The van der Waals surface area contributed by atoms with E-state index in [1.807, 2.05) is 30.3 Å². The SMILES string of the molecule is CCC(=O)C(C(N)=O)N1CCC(C(=O)O)(c2ccccc2)CC1. The van der Waals surface area contributed by atoms with E-state index in [-0.39, 0.29) is 12.2 Å². The fraction of sp³-hybridized carbons (Fsp3) is 0.471. The van der Waals surface area contributed by atoms with Gasteiger partial charge in [-0.1, -0.05) is 37.3 Å². The normalized spacial score (nSPS) is 19.0. The third-order valence-corrected chi connectivity index (χ3v) is 4.68. The van der Waals surface area contributed by atoms with E-state index in [0.717, 1.165) is 5.56 Å². The van der Waals surface area contributed by atoms with Crippen molar-refractivity contribution in [2.24, 2.45) is 5.73 Å². The number of carboxylic acids is 1. The van der Waals surface area contributed by atoms with Gasteiger partial charge >= 0.3 is 5.97 Å². The molecule has 2 rings (SSSR count). The zero-order valence-electron chi connectivity index (χ0n) is 13.2. The number of rotatable bonds is 6. The van der Waals surface area contributed by atoms with Gasteiger partial charge in [-0.25, -0.2) is 0 Å². The van der Waals surface area contributed by atoms with Crippen LogP contribution in [0.5, 0.6) is 0 Å². The molecule has 0 aliphatic carbocycles. The highest BCUT2D eigenvalue weighted by Crippen LogP contribution is 2.36. The zero-order chi connectivity index (χ0) is 17.0. The average Bonchev–Trinajstić information content (AvgIpc) is 2.55. The summed E-state index contributed by atoms with van der Waals surface area (Å²) < 4.78 is 0. The van der Waals surface area contributed by atoms with Gasteiger partial charge in [0.2, 0.25) is 5.91 Å². The predicted octanol–water partition coefficient (Wildman–Crippen LogP) is 0.938. The summed E-state index contributed by atoms with van der Waals surface area (Å²) >= 11 is 0. The smallest absolute Gasteiger partial charge is 0.314 e. The Labute approximate surface area is 135 Å². The van der Waals surface area contributed by atoms with Crippen LogP contribution in [0.25, 0.3) is 0 Å². The van der Waals surface area contributed by atoms with Crippen molar-refractivity contribution in [2.75, 3.05) is 13.1 Å². The largest absolute Gasteiger partial charge is 0.481 e. The highest BCUT2D eigenvalue weighted by atomic mass is 16.4. The minimum absolute atomic E-state index is 0.222. The number of benzene rings is 1. The van der Waals surface area contributed by atoms with Gasteiger partial charge in [0.1, 0.15) is 6.04 Å². The second-order valence-electron chi connectivity index (χ2n) is 5.91. The molecular formula is C17H22N2O4. The van der Waals surface area contributed by atoms with E-state index in [4.69, 9.17) is 5.73 Å². The highest BCUT2D eigenvalue weighted by Gasteiger charge is 2.45. The molecule has 124 valence electrons. The van der Waals surface area contributed by atoms with E-state index in [1.54, 1.807) is 11.8 Å².